The number of carbonyl (C=O) groups excluding carboxylic acids is 1. The minimum Gasteiger partial charge on any atom is -0.327 e. The predicted molar refractivity (Wildman–Crippen MR) is 74.8 cm³/mol. The van der Waals surface area contributed by atoms with E-state index in [1.54, 1.807) is 6.07 Å². The maximum Gasteiger partial charge on any atom is 0.231 e. The maximum absolute atomic E-state index is 12.4. The number of hydrogen-bond donors (Lipinski definition) is 2. The zero-order valence-corrected chi connectivity index (χ0v) is 11.6. The molecule has 0 aliphatic heterocycles. The van der Waals surface area contributed by atoms with E-state index in [0.29, 0.717) is 10.7 Å². The minimum absolute atomic E-state index is 0.0244. The van der Waals surface area contributed by atoms with E-state index in [4.69, 9.17) is 17.3 Å². The van der Waals surface area contributed by atoms with Gasteiger partial charge in [-0.15, -0.1) is 0 Å². The summed E-state index contributed by atoms with van der Waals surface area (Å²) in [5.41, 5.74) is 7.23. The van der Waals surface area contributed by atoms with Crippen LogP contribution in [0.1, 0.15) is 31.7 Å². The quantitative estimate of drug-likeness (QED) is 0.864. The summed E-state index contributed by atoms with van der Waals surface area (Å²) in [5, 5.41) is 3.51. The highest BCUT2D eigenvalue weighted by molar-refractivity contribution is 6.34. The number of anilines is 1. The minimum atomic E-state index is -0.481. The van der Waals surface area contributed by atoms with E-state index in [1.165, 1.54) is 0 Å². The van der Waals surface area contributed by atoms with Gasteiger partial charge in [0.05, 0.1) is 16.1 Å². The van der Waals surface area contributed by atoms with Gasteiger partial charge >= 0.3 is 0 Å². The van der Waals surface area contributed by atoms with Gasteiger partial charge in [0.25, 0.3) is 0 Å². The molecule has 0 bridgehead atoms. The van der Waals surface area contributed by atoms with E-state index >= 15 is 0 Å². The van der Waals surface area contributed by atoms with Crippen molar-refractivity contribution in [2.24, 2.45) is 11.1 Å². The molecule has 98 valence electrons. The maximum atomic E-state index is 12.4. The van der Waals surface area contributed by atoms with Gasteiger partial charge in [0.1, 0.15) is 0 Å². The van der Waals surface area contributed by atoms with E-state index in [9.17, 15) is 4.79 Å². The average Bonchev–Trinajstić information content (AvgIpc) is 2.66. The van der Waals surface area contributed by atoms with Crippen molar-refractivity contribution in [3.63, 3.8) is 0 Å². The fourth-order valence-corrected chi connectivity index (χ4v) is 2.79. The summed E-state index contributed by atoms with van der Waals surface area (Å²) >= 11 is 6.12. The van der Waals surface area contributed by atoms with Crippen LogP contribution < -0.4 is 11.1 Å². The molecule has 1 aromatic rings. The monoisotopic (exact) mass is 266 g/mol. The van der Waals surface area contributed by atoms with Gasteiger partial charge in [0.15, 0.2) is 0 Å². The van der Waals surface area contributed by atoms with Crippen LogP contribution in [0.4, 0.5) is 5.69 Å². The van der Waals surface area contributed by atoms with Crippen LogP contribution in [-0.4, -0.2) is 11.9 Å². The average molecular weight is 267 g/mol. The summed E-state index contributed by atoms with van der Waals surface area (Å²) in [4.78, 5) is 12.4. The molecule has 2 atom stereocenters. The van der Waals surface area contributed by atoms with Crippen LogP contribution in [0.5, 0.6) is 0 Å². The molecular weight excluding hydrogens is 248 g/mol. The molecule has 2 rings (SSSR count). The van der Waals surface area contributed by atoms with Crippen LogP contribution in [-0.2, 0) is 4.79 Å². The lowest BCUT2D eigenvalue weighted by atomic mass is 9.84. The van der Waals surface area contributed by atoms with Crippen molar-refractivity contribution in [3.05, 3.63) is 28.8 Å². The van der Waals surface area contributed by atoms with Crippen molar-refractivity contribution in [2.75, 3.05) is 5.32 Å². The van der Waals surface area contributed by atoms with Gasteiger partial charge in [-0.1, -0.05) is 30.2 Å². The van der Waals surface area contributed by atoms with Crippen molar-refractivity contribution in [1.29, 1.82) is 0 Å². The van der Waals surface area contributed by atoms with Gasteiger partial charge in [-0.25, -0.2) is 0 Å². The predicted octanol–water partition coefficient (Wildman–Crippen LogP) is 3.10. The number of halogens is 1. The summed E-state index contributed by atoms with van der Waals surface area (Å²) in [7, 11) is 0. The lowest BCUT2D eigenvalue weighted by molar-refractivity contribution is -0.125. The van der Waals surface area contributed by atoms with Crippen molar-refractivity contribution in [1.82, 2.24) is 0 Å². The molecule has 1 saturated carbocycles. The van der Waals surface area contributed by atoms with Gasteiger partial charge in [0.2, 0.25) is 5.91 Å². The molecule has 0 aromatic heterocycles. The van der Waals surface area contributed by atoms with Gasteiger partial charge in [-0.2, -0.15) is 0 Å². The lowest BCUT2D eigenvalue weighted by Gasteiger charge is -2.28. The van der Waals surface area contributed by atoms with Crippen LogP contribution in [0, 0.1) is 12.3 Å². The van der Waals surface area contributed by atoms with Gasteiger partial charge in [-0.05, 0) is 38.3 Å². The SMILES string of the molecule is Cc1cccc(Cl)c1NC(=O)C1(C)CCCC1N. The molecule has 3 nitrogen and oxygen atoms in total. The number of aryl methyl sites for hydroxylation is 1. The third-order valence-corrected chi connectivity index (χ3v) is 4.32. The number of hydrogen-bond acceptors (Lipinski definition) is 2. The summed E-state index contributed by atoms with van der Waals surface area (Å²) in [6, 6.07) is 5.51. The van der Waals surface area contributed by atoms with E-state index < -0.39 is 5.41 Å². The molecule has 0 heterocycles. The van der Waals surface area contributed by atoms with Crippen molar-refractivity contribution >= 4 is 23.2 Å². The van der Waals surface area contributed by atoms with Crippen molar-refractivity contribution in [2.45, 2.75) is 39.2 Å². The first kappa shape index (κ1) is 13.4. The number of amides is 1. The van der Waals surface area contributed by atoms with Crippen LogP contribution >= 0.6 is 11.6 Å². The van der Waals surface area contributed by atoms with Crippen LogP contribution in [0.15, 0.2) is 18.2 Å². The number of nitrogens with one attached hydrogen (secondary N) is 1. The number of nitrogens with two attached hydrogens (primary N) is 1. The second-order valence-corrected chi connectivity index (χ2v) is 5.71. The molecule has 1 aromatic carbocycles. The number of rotatable bonds is 2. The zero-order chi connectivity index (χ0) is 13.3. The largest absolute Gasteiger partial charge is 0.327 e. The fraction of sp³-hybridized carbons (Fsp3) is 0.500. The first-order valence-corrected chi connectivity index (χ1v) is 6.65. The van der Waals surface area contributed by atoms with Crippen LogP contribution in [0.25, 0.3) is 0 Å². The number of para-hydroxylation sites is 1. The first-order chi connectivity index (χ1) is 8.45. The fourth-order valence-electron chi connectivity index (χ4n) is 2.52. The Morgan fingerprint density at radius 1 is 1.56 bits per heavy atom. The molecule has 1 aliphatic rings. The Bertz CT molecular complexity index is 455. The molecule has 3 N–H and O–H groups in total. The van der Waals surface area contributed by atoms with Gasteiger partial charge in [-0.3, -0.25) is 4.79 Å². The number of benzene rings is 1. The van der Waals surface area contributed by atoms with Crippen LogP contribution in [0.2, 0.25) is 5.02 Å². The first-order valence-electron chi connectivity index (χ1n) is 6.27. The zero-order valence-electron chi connectivity index (χ0n) is 10.8. The Kier molecular flexibility index (Phi) is 3.64. The van der Waals surface area contributed by atoms with E-state index in [0.717, 1.165) is 24.8 Å². The molecule has 1 fully saturated rings. The topological polar surface area (TPSA) is 55.1 Å². The highest BCUT2D eigenvalue weighted by Gasteiger charge is 2.43. The third-order valence-electron chi connectivity index (χ3n) is 4.01. The smallest absolute Gasteiger partial charge is 0.231 e. The molecule has 0 radical (unpaired) electrons. The lowest BCUT2D eigenvalue weighted by Crippen LogP contribution is -2.44. The van der Waals surface area contributed by atoms with Crippen molar-refractivity contribution < 1.29 is 4.79 Å². The van der Waals surface area contributed by atoms with E-state index in [1.807, 2.05) is 26.0 Å². The number of carbonyl (C=O) groups is 1. The summed E-state index contributed by atoms with van der Waals surface area (Å²) < 4.78 is 0. The Hall–Kier alpha value is -1.06. The highest BCUT2D eigenvalue weighted by atomic mass is 35.5. The molecule has 2 unspecified atom stereocenters. The molecule has 4 heteroatoms. The molecule has 1 amide bonds. The standard InChI is InChI=1S/C14H19ClN2O/c1-9-5-3-6-10(15)12(9)17-13(18)14(2)8-4-7-11(14)16/h3,5-6,11H,4,7-8,16H2,1-2H3,(H,17,18). The summed E-state index contributed by atoms with van der Waals surface area (Å²) in [5.74, 6) is -0.0244. The normalized spacial score (nSPS) is 27.2. The van der Waals surface area contributed by atoms with Gasteiger partial charge in [0, 0.05) is 6.04 Å². The Labute approximate surface area is 113 Å². The second kappa shape index (κ2) is 4.90. The second-order valence-electron chi connectivity index (χ2n) is 5.30. The Morgan fingerprint density at radius 3 is 2.83 bits per heavy atom. The van der Waals surface area contributed by atoms with Gasteiger partial charge < -0.3 is 11.1 Å². The highest BCUT2D eigenvalue weighted by Crippen LogP contribution is 2.38. The summed E-state index contributed by atoms with van der Waals surface area (Å²) in [6.45, 7) is 3.87. The molecular formula is C14H19ClN2O. The van der Waals surface area contributed by atoms with Crippen molar-refractivity contribution in [3.8, 4) is 0 Å². The molecule has 18 heavy (non-hydrogen) atoms. The third kappa shape index (κ3) is 2.25. The van der Waals surface area contributed by atoms with E-state index in [-0.39, 0.29) is 11.9 Å². The molecule has 0 saturated heterocycles. The molecule has 1 aliphatic carbocycles. The van der Waals surface area contributed by atoms with E-state index in [2.05, 4.69) is 5.32 Å². The van der Waals surface area contributed by atoms with Crippen LogP contribution in [0.3, 0.4) is 0 Å². The summed E-state index contributed by atoms with van der Waals surface area (Å²) in [6.07, 6.45) is 2.75. The Balaban J connectivity index is 2.22. The molecule has 0 spiro atoms. The Morgan fingerprint density at radius 2 is 2.28 bits per heavy atom.